The van der Waals surface area contributed by atoms with Crippen LogP contribution >= 0.6 is 0 Å². The number of hydrogen-bond donors (Lipinski definition) is 2. The van der Waals surface area contributed by atoms with Crippen LogP contribution in [0.15, 0.2) is 106 Å². The number of carbonyl (C=O) groups is 1. The Morgan fingerprint density at radius 3 is 1.89 bits per heavy atom. The van der Waals surface area contributed by atoms with Crippen molar-refractivity contribution in [2.24, 2.45) is 0 Å². The van der Waals surface area contributed by atoms with Crippen LogP contribution in [0.1, 0.15) is 27.7 Å². The van der Waals surface area contributed by atoms with E-state index in [2.05, 4.69) is 55.2 Å². The predicted octanol–water partition coefficient (Wildman–Crippen LogP) is 6.42. The maximum atomic E-state index is 13.5. The highest BCUT2D eigenvalue weighted by molar-refractivity contribution is 6.75. The lowest BCUT2D eigenvalue weighted by molar-refractivity contribution is 0.0928. The van der Waals surface area contributed by atoms with E-state index in [9.17, 15) is 4.79 Å². The molecule has 17 nitrogen and oxygen atoms in total. The van der Waals surface area contributed by atoms with Crippen LogP contribution in [0.2, 0.25) is 19.6 Å². The summed E-state index contributed by atoms with van der Waals surface area (Å²) in [4.78, 5) is 40.7. The second-order valence-electron chi connectivity index (χ2n) is 13.2. The molecule has 18 heteroatoms. The molecule has 0 unspecified atom stereocenters. The van der Waals surface area contributed by atoms with Gasteiger partial charge in [0.25, 0.3) is 5.91 Å². The van der Waals surface area contributed by atoms with Gasteiger partial charge >= 0.3 is 0 Å². The Labute approximate surface area is 299 Å². The maximum absolute atomic E-state index is 13.5. The molecule has 266 valence electrons. The average molecular weight is 733 g/mol. The normalized spacial score (nSPS) is 14.0. The average Bonchev–Trinajstić information content (AvgIpc) is 3.99. The first-order valence-electron chi connectivity index (χ1n) is 16.3. The van der Waals surface area contributed by atoms with Crippen LogP contribution < -0.4 is 10.6 Å². The van der Waals surface area contributed by atoms with Crippen molar-refractivity contribution in [2.45, 2.75) is 32.3 Å². The predicted molar refractivity (Wildman–Crippen MR) is 184 cm³/mol. The Hall–Kier alpha value is -6.79. The van der Waals surface area contributed by atoms with E-state index in [1.54, 1.807) is 0 Å². The molecule has 53 heavy (non-hydrogen) atoms. The molecule has 0 atom stereocenters. The van der Waals surface area contributed by atoms with Crippen LogP contribution in [-0.2, 0) is 22.1 Å². The quantitative estimate of drug-likeness (QED) is 0.176. The number of amides is 1. The molecule has 9 rings (SSSR count). The highest BCUT2D eigenvalue weighted by Crippen LogP contribution is 2.34. The fraction of sp³-hybridized carbons (Fsp3) is 0.171. The second-order valence-corrected chi connectivity index (χ2v) is 18.7. The minimum Gasteiger partial charge on any atom is -0.444 e. The van der Waals surface area contributed by atoms with Crippen LogP contribution in [-0.4, -0.2) is 50.5 Å². The molecule has 0 saturated carbocycles. The number of hydrogen-bond acceptors (Lipinski definition) is 16. The van der Waals surface area contributed by atoms with Gasteiger partial charge in [-0.05, 0) is 5.56 Å². The van der Waals surface area contributed by atoms with Crippen LogP contribution in [0.3, 0.4) is 0 Å². The van der Waals surface area contributed by atoms with Crippen LogP contribution in [0.4, 0.5) is 0 Å². The number of aromatic nitrogens is 6. The summed E-state index contributed by atoms with van der Waals surface area (Å²) >= 11 is 0. The third-order valence-electron chi connectivity index (χ3n) is 7.89. The number of benzene rings is 1. The summed E-state index contributed by atoms with van der Waals surface area (Å²) in [5.41, 5.74) is 3.12. The smallest absolute Gasteiger partial charge is 0.277 e. The first kappa shape index (κ1) is 32.1. The van der Waals surface area contributed by atoms with Gasteiger partial charge in [0.1, 0.15) is 54.7 Å². The lowest BCUT2D eigenvalue weighted by Gasteiger charge is -2.13. The molecule has 1 amide bonds. The molecule has 7 aromatic rings. The van der Waals surface area contributed by atoms with Gasteiger partial charge in [0.2, 0.25) is 41.2 Å². The summed E-state index contributed by atoms with van der Waals surface area (Å²) in [6.07, 6.45) is 8.16. The lowest BCUT2D eigenvalue weighted by Crippen LogP contribution is -2.29. The summed E-state index contributed by atoms with van der Waals surface area (Å²) in [6, 6.07) is 10.2. The first-order valence-corrected chi connectivity index (χ1v) is 20.0. The van der Waals surface area contributed by atoms with Crippen LogP contribution in [0, 0.1) is 0 Å². The topological polar surface area (TPSA) is 216 Å². The number of carbonyl (C=O) groups excluding carboxylic acids is 1. The van der Waals surface area contributed by atoms with Crippen LogP contribution in [0.25, 0.3) is 63.6 Å². The van der Waals surface area contributed by atoms with Gasteiger partial charge in [0, 0.05) is 6.04 Å². The SMILES string of the molecule is C[Si](C)(C)Cc1oc2nc1-c1nc(co1)-c1nc(co1)-c1nc(co1)C(=O)NC(COCc1ccccc1)=C1NC(=CO1)c1nc(co1)-c1nc-2co1. The molecule has 0 saturated heterocycles. The van der Waals surface area contributed by atoms with E-state index in [0.717, 1.165) is 5.56 Å². The molecule has 6 aromatic heterocycles. The van der Waals surface area contributed by atoms with E-state index in [1.807, 2.05) is 30.3 Å². The van der Waals surface area contributed by atoms with Crippen LogP contribution in [0.5, 0.6) is 0 Å². The molecular formula is C35H28N8O9Si. The lowest BCUT2D eigenvalue weighted by atomic mass is 10.2. The van der Waals surface area contributed by atoms with E-state index < -0.39 is 14.0 Å². The molecule has 2 N–H and O–H groups in total. The summed E-state index contributed by atoms with van der Waals surface area (Å²) in [5, 5.41) is 5.91. The summed E-state index contributed by atoms with van der Waals surface area (Å²) in [5.74, 6) is 1.11. The molecule has 0 spiro atoms. The molecule has 1 aromatic carbocycles. The monoisotopic (exact) mass is 732 g/mol. The standard InChI is InChI=1S/C35H28N8O9Si/c1-53(2,3)17-26-27-35-42-24(15-51-35)33-39-21(12-49-33)30-37-19(11-46-30)28(44)36-20(10-45-9-18-7-5-4-6-8-18)29-38-22(13-47-29)31-40-23(14-48-31)32-41-25(16-50-32)34(43-27)52-26/h4-8,11-16,38H,9-10,17H2,1-3H3,(H,36,44). The zero-order valence-electron chi connectivity index (χ0n) is 28.3. The van der Waals surface area contributed by atoms with Crippen molar-refractivity contribution in [3.63, 3.8) is 0 Å². The summed E-state index contributed by atoms with van der Waals surface area (Å²) in [7, 11) is -1.71. The molecule has 0 radical (unpaired) electrons. The molecular weight excluding hydrogens is 705 g/mol. The Bertz CT molecular complexity index is 2530. The third kappa shape index (κ3) is 6.47. The number of ether oxygens (including phenoxy) is 2. The fourth-order valence-corrected chi connectivity index (χ4v) is 6.64. The van der Waals surface area contributed by atoms with Crippen molar-refractivity contribution in [1.82, 2.24) is 40.5 Å². The van der Waals surface area contributed by atoms with E-state index in [4.69, 9.17) is 41.0 Å². The van der Waals surface area contributed by atoms with Gasteiger partial charge in [0.15, 0.2) is 34.2 Å². The van der Waals surface area contributed by atoms with Crippen molar-refractivity contribution in [1.29, 1.82) is 0 Å². The van der Waals surface area contributed by atoms with Gasteiger partial charge in [-0.1, -0.05) is 50.0 Å². The van der Waals surface area contributed by atoms with Crippen molar-refractivity contribution in [3.05, 3.63) is 102 Å². The molecule has 14 bridgehead atoms. The largest absolute Gasteiger partial charge is 0.444 e. The number of oxazole rings is 6. The minimum absolute atomic E-state index is 0.0329. The Balaban J connectivity index is 1.10. The third-order valence-corrected chi connectivity index (χ3v) is 9.27. The van der Waals surface area contributed by atoms with Gasteiger partial charge in [-0.15, -0.1) is 0 Å². The molecule has 0 aliphatic carbocycles. The highest BCUT2D eigenvalue weighted by atomic mass is 28.3. The summed E-state index contributed by atoms with van der Waals surface area (Å²) in [6.45, 7) is 6.87. The number of nitrogens with one attached hydrogen (secondary N) is 2. The fourth-order valence-electron chi connectivity index (χ4n) is 5.44. The highest BCUT2D eigenvalue weighted by Gasteiger charge is 2.29. The van der Waals surface area contributed by atoms with Crippen molar-refractivity contribution in [3.8, 4) is 57.9 Å². The van der Waals surface area contributed by atoms with Crippen molar-refractivity contribution >= 4 is 19.7 Å². The molecule has 2 aliphatic rings. The Morgan fingerprint density at radius 1 is 0.642 bits per heavy atom. The molecule has 2 aliphatic heterocycles. The van der Waals surface area contributed by atoms with Gasteiger partial charge in [-0.25, -0.2) is 29.9 Å². The minimum atomic E-state index is -1.71. The molecule has 8 heterocycles. The Morgan fingerprint density at radius 2 is 1.21 bits per heavy atom. The van der Waals surface area contributed by atoms with Gasteiger partial charge < -0.3 is 46.6 Å². The second kappa shape index (κ2) is 12.8. The zero-order valence-corrected chi connectivity index (χ0v) is 29.3. The van der Waals surface area contributed by atoms with E-state index >= 15 is 0 Å². The number of rotatable bonds is 6. The number of nitrogens with zero attached hydrogens (tertiary/aromatic N) is 6. The van der Waals surface area contributed by atoms with Crippen molar-refractivity contribution < 1.29 is 40.8 Å². The van der Waals surface area contributed by atoms with Gasteiger partial charge in [0.05, 0.1) is 21.3 Å². The number of fused-ring (bicyclic) bond motifs is 20. The summed E-state index contributed by atoms with van der Waals surface area (Å²) < 4.78 is 46.7. The molecule has 0 fully saturated rings. The van der Waals surface area contributed by atoms with Crippen molar-refractivity contribution in [2.75, 3.05) is 6.61 Å². The van der Waals surface area contributed by atoms with E-state index in [0.29, 0.717) is 40.3 Å². The van der Waals surface area contributed by atoms with Gasteiger partial charge in [-0.3, -0.25) is 4.79 Å². The zero-order chi connectivity index (χ0) is 36.1. The first-order chi connectivity index (χ1) is 25.7. The maximum Gasteiger partial charge on any atom is 0.277 e. The Kier molecular flexibility index (Phi) is 7.74. The van der Waals surface area contributed by atoms with E-state index in [-0.39, 0.29) is 71.5 Å². The van der Waals surface area contributed by atoms with E-state index in [1.165, 1.54) is 37.6 Å². The van der Waals surface area contributed by atoms with Gasteiger partial charge in [-0.2, -0.15) is 0 Å².